The van der Waals surface area contributed by atoms with Crippen LogP contribution in [-0.4, -0.2) is 28.2 Å². The van der Waals surface area contributed by atoms with Gasteiger partial charge in [-0.3, -0.25) is 0 Å². The summed E-state index contributed by atoms with van der Waals surface area (Å²) in [5.41, 5.74) is 2.20. The zero-order chi connectivity index (χ0) is 16.4. The van der Waals surface area contributed by atoms with Crippen molar-refractivity contribution in [2.24, 2.45) is 0 Å². The van der Waals surface area contributed by atoms with Gasteiger partial charge in [0.05, 0.1) is 22.4 Å². The SMILES string of the molecule is CN(C)c1cccc2c(C#N)c(C#N)c(C#N)c(N(C)C)c12. The number of anilines is 2. The number of fused-ring (bicyclic) bond motifs is 1. The summed E-state index contributed by atoms with van der Waals surface area (Å²) in [6.45, 7) is 0. The van der Waals surface area contributed by atoms with Gasteiger partial charge >= 0.3 is 0 Å². The van der Waals surface area contributed by atoms with Crippen LogP contribution in [-0.2, 0) is 0 Å². The average molecular weight is 289 g/mol. The average Bonchev–Trinajstić information content (AvgIpc) is 2.50. The molecular formula is C17H15N5. The summed E-state index contributed by atoms with van der Waals surface area (Å²) in [6, 6.07) is 11.8. The molecular weight excluding hydrogens is 274 g/mol. The Balaban J connectivity index is 3.23. The second kappa shape index (κ2) is 5.64. The lowest BCUT2D eigenvalue weighted by molar-refractivity contribution is 1.12. The maximum absolute atomic E-state index is 9.54. The van der Waals surface area contributed by atoms with Crippen LogP contribution in [0.25, 0.3) is 10.8 Å². The molecule has 0 fully saturated rings. The van der Waals surface area contributed by atoms with E-state index in [1.807, 2.05) is 62.3 Å². The van der Waals surface area contributed by atoms with Gasteiger partial charge < -0.3 is 9.80 Å². The van der Waals surface area contributed by atoms with Gasteiger partial charge in [-0.25, -0.2) is 0 Å². The molecule has 2 rings (SSSR count). The molecule has 0 N–H and O–H groups in total. The Morgan fingerprint density at radius 1 is 0.773 bits per heavy atom. The molecule has 0 saturated heterocycles. The summed E-state index contributed by atoms with van der Waals surface area (Å²) in [4.78, 5) is 3.75. The maximum Gasteiger partial charge on any atom is 0.103 e. The van der Waals surface area contributed by atoms with Crippen molar-refractivity contribution in [3.05, 3.63) is 34.9 Å². The van der Waals surface area contributed by atoms with E-state index in [1.165, 1.54) is 0 Å². The van der Waals surface area contributed by atoms with Gasteiger partial charge in [0.15, 0.2) is 0 Å². The molecule has 0 amide bonds. The fourth-order valence-electron chi connectivity index (χ4n) is 2.66. The fourth-order valence-corrected chi connectivity index (χ4v) is 2.66. The molecule has 0 bridgehead atoms. The van der Waals surface area contributed by atoms with Crippen LogP contribution in [0, 0.1) is 34.0 Å². The molecule has 2 aromatic carbocycles. The standard InChI is InChI=1S/C17H15N5/c1-21(2)15-7-5-6-11-12(8-18)13(9-19)14(10-20)17(16(11)15)22(3)4/h5-7H,1-4H3. The van der Waals surface area contributed by atoms with Gasteiger partial charge in [0.1, 0.15) is 18.2 Å². The van der Waals surface area contributed by atoms with E-state index in [1.54, 1.807) is 0 Å². The molecule has 0 aliphatic carbocycles. The molecule has 0 unspecified atom stereocenters. The van der Waals surface area contributed by atoms with Crippen LogP contribution in [0.15, 0.2) is 18.2 Å². The van der Waals surface area contributed by atoms with Crippen molar-refractivity contribution in [2.45, 2.75) is 0 Å². The first kappa shape index (κ1) is 15.2. The molecule has 0 saturated carbocycles. The molecule has 0 aliphatic heterocycles. The van der Waals surface area contributed by atoms with E-state index < -0.39 is 0 Å². The number of nitriles is 3. The normalized spacial score (nSPS) is 9.68. The highest BCUT2D eigenvalue weighted by Crippen LogP contribution is 2.40. The third-order valence-corrected chi connectivity index (χ3v) is 3.55. The van der Waals surface area contributed by atoms with E-state index in [0.717, 1.165) is 11.1 Å². The highest BCUT2D eigenvalue weighted by Gasteiger charge is 2.22. The van der Waals surface area contributed by atoms with Gasteiger partial charge in [-0.15, -0.1) is 0 Å². The summed E-state index contributed by atoms with van der Waals surface area (Å²) in [5.74, 6) is 0. The Bertz CT molecular complexity index is 873. The minimum atomic E-state index is 0.136. The molecule has 2 aromatic rings. The first-order valence-corrected chi connectivity index (χ1v) is 6.65. The Morgan fingerprint density at radius 3 is 1.82 bits per heavy atom. The number of benzene rings is 2. The molecule has 108 valence electrons. The number of nitrogens with zero attached hydrogens (tertiary/aromatic N) is 5. The Labute approximate surface area is 129 Å². The second-order valence-electron chi connectivity index (χ2n) is 5.30. The number of hydrogen-bond acceptors (Lipinski definition) is 5. The third-order valence-electron chi connectivity index (χ3n) is 3.55. The van der Waals surface area contributed by atoms with E-state index in [4.69, 9.17) is 0 Å². The first-order valence-electron chi connectivity index (χ1n) is 6.65. The molecule has 5 nitrogen and oxygen atoms in total. The van der Waals surface area contributed by atoms with E-state index in [2.05, 4.69) is 12.1 Å². The van der Waals surface area contributed by atoms with Crippen LogP contribution < -0.4 is 9.80 Å². The van der Waals surface area contributed by atoms with E-state index in [-0.39, 0.29) is 16.7 Å². The maximum atomic E-state index is 9.54. The van der Waals surface area contributed by atoms with Gasteiger partial charge in [0.2, 0.25) is 0 Å². The van der Waals surface area contributed by atoms with Crippen molar-refractivity contribution in [1.82, 2.24) is 0 Å². The van der Waals surface area contributed by atoms with E-state index in [9.17, 15) is 15.8 Å². The van der Waals surface area contributed by atoms with Crippen LogP contribution in [0.3, 0.4) is 0 Å². The predicted octanol–water partition coefficient (Wildman–Crippen LogP) is 2.59. The molecule has 22 heavy (non-hydrogen) atoms. The lowest BCUT2D eigenvalue weighted by atomic mass is 9.92. The van der Waals surface area contributed by atoms with Crippen LogP contribution in [0.4, 0.5) is 11.4 Å². The molecule has 0 aliphatic rings. The van der Waals surface area contributed by atoms with Gasteiger partial charge in [-0.05, 0) is 6.07 Å². The fraction of sp³-hybridized carbons (Fsp3) is 0.235. The van der Waals surface area contributed by atoms with Crippen molar-refractivity contribution in [3.8, 4) is 18.2 Å². The van der Waals surface area contributed by atoms with Crippen LogP contribution in [0.1, 0.15) is 16.7 Å². The van der Waals surface area contributed by atoms with Crippen molar-refractivity contribution >= 4 is 22.1 Å². The Morgan fingerprint density at radius 2 is 1.36 bits per heavy atom. The van der Waals surface area contributed by atoms with Crippen molar-refractivity contribution in [3.63, 3.8) is 0 Å². The summed E-state index contributed by atoms with van der Waals surface area (Å²) >= 11 is 0. The van der Waals surface area contributed by atoms with Gasteiger partial charge in [-0.1, -0.05) is 12.1 Å². The van der Waals surface area contributed by atoms with Crippen molar-refractivity contribution in [1.29, 1.82) is 15.8 Å². The van der Waals surface area contributed by atoms with Gasteiger partial charge in [-0.2, -0.15) is 15.8 Å². The zero-order valence-corrected chi connectivity index (χ0v) is 13.0. The number of hydrogen-bond donors (Lipinski definition) is 0. The van der Waals surface area contributed by atoms with Crippen LogP contribution in [0.2, 0.25) is 0 Å². The lowest BCUT2D eigenvalue weighted by Crippen LogP contribution is -2.16. The lowest BCUT2D eigenvalue weighted by Gasteiger charge is -2.24. The summed E-state index contributed by atoms with van der Waals surface area (Å²) in [5, 5.41) is 29.9. The van der Waals surface area contributed by atoms with Gasteiger partial charge in [0, 0.05) is 44.7 Å². The Kier molecular flexibility index (Phi) is 3.89. The molecule has 5 heteroatoms. The third kappa shape index (κ3) is 2.08. The minimum Gasteiger partial charge on any atom is -0.377 e. The molecule has 0 spiro atoms. The molecule has 0 atom stereocenters. The van der Waals surface area contributed by atoms with Gasteiger partial charge in [0.25, 0.3) is 0 Å². The summed E-state index contributed by atoms with van der Waals surface area (Å²) in [6.07, 6.45) is 0. The summed E-state index contributed by atoms with van der Waals surface area (Å²) < 4.78 is 0. The van der Waals surface area contributed by atoms with Crippen molar-refractivity contribution in [2.75, 3.05) is 38.0 Å². The topological polar surface area (TPSA) is 77.8 Å². The zero-order valence-electron chi connectivity index (χ0n) is 13.0. The Hall–Kier alpha value is -3.23. The number of rotatable bonds is 2. The van der Waals surface area contributed by atoms with Crippen LogP contribution >= 0.6 is 0 Å². The predicted molar refractivity (Wildman–Crippen MR) is 86.7 cm³/mol. The van der Waals surface area contributed by atoms with Crippen molar-refractivity contribution < 1.29 is 0 Å². The molecule has 0 aromatic heterocycles. The smallest absolute Gasteiger partial charge is 0.103 e. The monoisotopic (exact) mass is 289 g/mol. The second-order valence-corrected chi connectivity index (χ2v) is 5.30. The van der Waals surface area contributed by atoms with Crippen LogP contribution in [0.5, 0.6) is 0 Å². The largest absolute Gasteiger partial charge is 0.377 e. The quantitative estimate of drug-likeness (QED) is 0.849. The first-order chi connectivity index (χ1) is 10.5. The summed E-state index contributed by atoms with van der Waals surface area (Å²) in [7, 11) is 7.47. The highest BCUT2D eigenvalue weighted by molar-refractivity contribution is 6.09. The molecule has 0 radical (unpaired) electrons. The van der Waals surface area contributed by atoms with E-state index >= 15 is 0 Å². The molecule has 0 heterocycles. The van der Waals surface area contributed by atoms with E-state index in [0.29, 0.717) is 11.1 Å². The highest BCUT2D eigenvalue weighted by atomic mass is 15.1. The minimum absolute atomic E-state index is 0.136.